The van der Waals surface area contributed by atoms with E-state index in [1.54, 1.807) is 12.1 Å². The molecule has 5 heteroatoms. The third kappa shape index (κ3) is 5.31. The molecule has 1 N–H and O–H groups in total. The van der Waals surface area contributed by atoms with Crippen LogP contribution < -0.4 is 4.72 Å². The third-order valence-corrected chi connectivity index (χ3v) is 6.97. The average Bonchev–Trinajstić information content (AvgIpc) is 2.70. The normalized spacial score (nSPS) is 12.6. The first-order valence-corrected chi connectivity index (χ1v) is 11.6. The predicted octanol–water partition coefficient (Wildman–Crippen LogP) is 5.65. The van der Waals surface area contributed by atoms with E-state index >= 15 is 0 Å². The SMILES string of the molecule is Cc1ccc(S(=O)(=O)NCCCC(c2ccccc2)c2ccccc2Br)cc1. The van der Waals surface area contributed by atoms with Crippen molar-refractivity contribution in [3.63, 3.8) is 0 Å². The minimum absolute atomic E-state index is 0.209. The lowest BCUT2D eigenvalue weighted by Crippen LogP contribution is -2.25. The van der Waals surface area contributed by atoms with E-state index in [-0.39, 0.29) is 5.92 Å². The molecule has 1 atom stereocenters. The van der Waals surface area contributed by atoms with Crippen LogP contribution in [0.25, 0.3) is 0 Å². The smallest absolute Gasteiger partial charge is 0.211 e. The van der Waals surface area contributed by atoms with Gasteiger partial charge in [-0.25, -0.2) is 13.1 Å². The lowest BCUT2D eigenvalue weighted by atomic mass is 9.87. The van der Waals surface area contributed by atoms with Crippen LogP contribution in [0.2, 0.25) is 0 Å². The zero-order chi connectivity index (χ0) is 20.0. The Morgan fingerprint density at radius 3 is 2.21 bits per heavy atom. The molecule has 0 heterocycles. The number of halogens is 1. The zero-order valence-corrected chi connectivity index (χ0v) is 18.2. The van der Waals surface area contributed by atoms with Gasteiger partial charge in [0.15, 0.2) is 0 Å². The van der Waals surface area contributed by atoms with Gasteiger partial charge in [0.1, 0.15) is 0 Å². The third-order valence-electron chi connectivity index (χ3n) is 4.78. The van der Waals surface area contributed by atoms with Crippen molar-refractivity contribution in [1.82, 2.24) is 4.72 Å². The van der Waals surface area contributed by atoms with Crippen molar-refractivity contribution in [2.45, 2.75) is 30.6 Å². The van der Waals surface area contributed by atoms with E-state index in [1.165, 1.54) is 11.1 Å². The summed E-state index contributed by atoms with van der Waals surface area (Å²) in [6.07, 6.45) is 1.59. The van der Waals surface area contributed by atoms with E-state index in [4.69, 9.17) is 0 Å². The molecule has 28 heavy (non-hydrogen) atoms. The standard InChI is InChI=1S/C23H24BrNO2S/c1-18-13-15-20(16-14-18)28(26,27)25-17-7-11-21(19-8-3-2-4-9-19)22-10-5-6-12-23(22)24/h2-6,8-10,12-16,21,25H,7,11,17H2,1H3. The highest BCUT2D eigenvalue weighted by Crippen LogP contribution is 2.33. The topological polar surface area (TPSA) is 46.2 Å². The van der Waals surface area contributed by atoms with Gasteiger partial charge in [0, 0.05) is 16.9 Å². The summed E-state index contributed by atoms with van der Waals surface area (Å²) in [6, 6.07) is 25.5. The van der Waals surface area contributed by atoms with Gasteiger partial charge in [-0.1, -0.05) is 82.2 Å². The quantitative estimate of drug-likeness (QED) is 0.444. The van der Waals surface area contributed by atoms with Crippen molar-refractivity contribution in [2.24, 2.45) is 0 Å². The molecule has 146 valence electrons. The molecule has 3 rings (SSSR count). The number of hydrogen-bond acceptors (Lipinski definition) is 2. The second-order valence-electron chi connectivity index (χ2n) is 6.84. The number of hydrogen-bond donors (Lipinski definition) is 1. The number of rotatable bonds is 8. The van der Waals surface area contributed by atoms with Gasteiger partial charge >= 0.3 is 0 Å². The largest absolute Gasteiger partial charge is 0.240 e. The Balaban J connectivity index is 1.68. The molecule has 0 radical (unpaired) electrons. The molecule has 0 aliphatic carbocycles. The fourth-order valence-corrected chi connectivity index (χ4v) is 4.89. The van der Waals surface area contributed by atoms with Crippen molar-refractivity contribution >= 4 is 26.0 Å². The van der Waals surface area contributed by atoms with Crippen LogP contribution in [0, 0.1) is 6.92 Å². The van der Waals surface area contributed by atoms with Crippen LogP contribution in [0.1, 0.15) is 35.4 Å². The minimum Gasteiger partial charge on any atom is -0.211 e. The molecule has 0 bridgehead atoms. The van der Waals surface area contributed by atoms with Crippen molar-refractivity contribution in [2.75, 3.05) is 6.54 Å². The maximum atomic E-state index is 12.5. The first-order valence-electron chi connectivity index (χ1n) is 9.33. The van der Waals surface area contributed by atoms with Crippen LogP contribution in [-0.4, -0.2) is 15.0 Å². The molecular weight excluding hydrogens is 434 g/mol. The average molecular weight is 458 g/mol. The zero-order valence-electron chi connectivity index (χ0n) is 15.8. The Morgan fingerprint density at radius 2 is 1.54 bits per heavy atom. The molecule has 3 aromatic carbocycles. The highest BCUT2D eigenvalue weighted by molar-refractivity contribution is 9.10. The number of benzene rings is 3. The summed E-state index contributed by atoms with van der Waals surface area (Å²) in [7, 11) is -3.47. The summed E-state index contributed by atoms with van der Waals surface area (Å²) >= 11 is 3.66. The second-order valence-corrected chi connectivity index (χ2v) is 9.46. The van der Waals surface area contributed by atoms with Gasteiger partial charge in [-0.15, -0.1) is 0 Å². The van der Waals surface area contributed by atoms with Crippen LogP contribution in [0.15, 0.2) is 88.2 Å². The maximum Gasteiger partial charge on any atom is 0.240 e. The van der Waals surface area contributed by atoms with Crippen LogP contribution in [-0.2, 0) is 10.0 Å². The van der Waals surface area contributed by atoms with E-state index in [0.29, 0.717) is 11.4 Å². The Bertz CT molecular complexity index is 1000. The van der Waals surface area contributed by atoms with Gasteiger partial charge in [-0.2, -0.15) is 0 Å². The van der Waals surface area contributed by atoms with Gasteiger partial charge in [-0.05, 0) is 49.1 Å². The molecule has 0 spiro atoms. The molecule has 0 amide bonds. The van der Waals surface area contributed by atoms with Crippen LogP contribution >= 0.6 is 15.9 Å². The fraction of sp³-hybridized carbons (Fsp3) is 0.217. The molecule has 0 aliphatic rings. The van der Waals surface area contributed by atoms with Crippen molar-refractivity contribution in [3.8, 4) is 0 Å². The van der Waals surface area contributed by atoms with Crippen molar-refractivity contribution < 1.29 is 8.42 Å². The van der Waals surface area contributed by atoms with Gasteiger partial charge in [0.25, 0.3) is 0 Å². The number of sulfonamides is 1. The Morgan fingerprint density at radius 1 is 0.893 bits per heavy atom. The lowest BCUT2D eigenvalue weighted by molar-refractivity contribution is 0.572. The summed E-state index contributed by atoms with van der Waals surface area (Å²) in [6.45, 7) is 2.35. The van der Waals surface area contributed by atoms with Crippen LogP contribution in [0.4, 0.5) is 0 Å². The van der Waals surface area contributed by atoms with E-state index in [0.717, 1.165) is 22.9 Å². The Hall–Kier alpha value is -1.95. The highest BCUT2D eigenvalue weighted by Gasteiger charge is 2.17. The summed E-state index contributed by atoms with van der Waals surface area (Å²) in [5.74, 6) is 0.209. The molecule has 3 aromatic rings. The lowest BCUT2D eigenvalue weighted by Gasteiger charge is -2.19. The Kier molecular flexibility index (Phi) is 7.05. The van der Waals surface area contributed by atoms with E-state index in [2.05, 4.69) is 38.9 Å². The molecular formula is C23H24BrNO2S. The first kappa shape index (κ1) is 20.8. The fourth-order valence-electron chi connectivity index (χ4n) is 3.26. The molecule has 0 aliphatic heterocycles. The highest BCUT2D eigenvalue weighted by atomic mass is 79.9. The molecule has 0 saturated heterocycles. The summed E-state index contributed by atoms with van der Waals surface area (Å²) in [5.41, 5.74) is 3.49. The van der Waals surface area contributed by atoms with Gasteiger partial charge < -0.3 is 0 Å². The minimum atomic E-state index is -3.47. The van der Waals surface area contributed by atoms with Gasteiger partial charge in [0.2, 0.25) is 10.0 Å². The van der Waals surface area contributed by atoms with Crippen LogP contribution in [0.5, 0.6) is 0 Å². The molecule has 0 saturated carbocycles. The van der Waals surface area contributed by atoms with E-state index < -0.39 is 10.0 Å². The van der Waals surface area contributed by atoms with Crippen LogP contribution in [0.3, 0.4) is 0 Å². The van der Waals surface area contributed by atoms with E-state index in [1.807, 2.05) is 55.5 Å². The maximum absolute atomic E-state index is 12.5. The summed E-state index contributed by atoms with van der Waals surface area (Å²) < 4.78 is 28.7. The summed E-state index contributed by atoms with van der Waals surface area (Å²) in [4.78, 5) is 0.309. The van der Waals surface area contributed by atoms with Crippen molar-refractivity contribution in [3.05, 3.63) is 100 Å². The van der Waals surface area contributed by atoms with Gasteiger partial charge in [0.05, 0.1) is 4.90 Å². The van der Waals surface area contributed by atoms with Gasteiger partial charge in [-0.3, -0.25) is 0 Å². The van der Waals surface area contributed by atoms with Crippen molar-refractivity contribution in [1.29, 1.82) is 0 Å². The second kappa shape index (κ2) is 9.50. The molecule has 1 unspecified atom stereocenters. The molecule has 0 aromatic heterocycles. The first-order chi connectivity index (χ1) is 13.5. The predicted molar refractivity (Wildman–Crippen MR) is 118 cm³/mol. The number of aryl methyl sites for hydroxylation is 1. The Labute approximate surface area is 176 Å². The number of nitrogens with one attached hydrogen (secondary N) is 1. The molecule has 0 fully saturated rings. The van der Waals surface area contributed by atoms with E-state index in [9.17, 15) is 8.42 Å². The monoisotopic (exact) mass is 457 g/mol. The summed E-state index contributed by atoms with van der Waals surface area (Å²) in [5, 5.41) is 0. The molecule has 3 nitrogen and oxygen atoms in total.